The minimum absolute atomic E-state index is 0.0863. The van der Waals surface area contributed by atoms with Crippen LogP contribution in [0.4, 0.5) is 18.0 Å². The first-order valence-corrected chi connectivity index (χ1v) is 7.96. The van der Waals surface area contributed by atoms with E-state index in [0.717, 1.165) is 17.7 Å². The molecule has 0 radical (unpaired) electrons. The summed E-state index contributed by atoms with van der Waals surface area (Å²) in [5.41, 5.74) is 0.431. The molecule has 0 saturated carbocycles. The molecule has 1 atom stereocenters. The van der Waals surface area contributed by atoms with Gasteiger partial charge in [0.25, 0.3) is 0 Å². The number of carbonyl (C=O) groups is 1. The number of rotatable bonds is 3. The molecular weight excluding hydrogens is 343 g/mol. The van der Waals surface area contributed by atoms with Gasteiger partial charge in [-0.2, -0.15) is 13.2 Å². The molecule has 0 aromatic heterocycles. The smallest absolute Gasteiger partial charge is 0.416 e. The van der Waals surface area contributed by atoms with Crippen LogP contribution in [0.3, 0.4) is 0 Å². The lowest BCUT2D eigenvalue weighted by Crippen LogP contribution is -2.31. The number of hydrogen-bond donors (Lipinski definition) is 0. The highest BCUT2D eigenvalue weighted by Gasteiger charge is 2.32. The van der Waals surface area contributed by atoms with Crippen LogP contribution < -0.4 is 0 Å². The number of carbonyl (C=O) groups excluding carboxylic acids is 1. The summed E-state index contributed by atoms with van der Waals surface area (Å²) < 4.78 is 44.2. The molecule has 26 heavy (non-hydrogen) atoms. The molecule has 1 aliphatic rings. The summed E-state index contributed by atoms with van der Waals surface area (Å²) in [5.74, 6) is 0. The van der Waals surface area contributed by atoms with Gasteiger partial charge < -0.3 is 4.74 Å². The fourth-order valence-electron chi connectivity index (χ4n) is 2.64. The van der Waals surface area contributed by atoms with Gasteiger partial charge in [0, 0.05) is 6.20 Å². The van der Waals surface area contributed by atoms with E-state index in [2.05, 4.69) is 0 Å². The van der Waals surface area contributed by atoms with Gasteiger partial charge in [0.1, 0.15) is 6.61 Å². The van der Waals surface area contributed by atoms with Gasteiger partial charge in [-0.15, -0.1) is 0 Å². The minimum Gasteiger partial charge on any atom is -0.444 e. The Morgan fingerprint density at radius 1 is 1.04 bits per heavy atom. The van der Waals surface area contributed by atoms with Crippen molar-refractivity contribution in [2.75, 3.05) is 0 Å². The zero-order valence-electron chi connectivity index (χ0n) is 13.7. The van der Waals surface area contributed by atoms with Crippen LogP contribution in [0.15, 0.2) is 79.0 Å². The lowest BCUT2D eigenvalue weighted by molar-refractivity contribution is -0.137. The highest BCUT2D eigenvalue weighted by atomic mass is 19.4. The number of nitrogens with zero attached hydrogens (tertiary/aromatic N) is 1. The van der Waals surface area contributed by atoms with Crippen LogP contribution in [0.2, 0.25) is 0 Å². The van der Waals surface area contributed by atoms with Crippen LogP contribution in [0.5, 0.6) is 0 Å². The average Bonchev–Trinajstić information content (AvgIpc) is 2.66. The quantitative estimate of drug-likeness (QED) is 0.727. The van der Waals surface area contributed by atoms with Crippen molar-refractivity contribution < 1.29 is 22.7 Å². The van der Waals surface area contributed by atoms with E-state index in [1.165, 1.54) is 17.2 Å². The maximum Gasteiger partial charge on any atom is 0.416 e. The Balaban J connectivity index is 1.77. The molecule has 134 valence electrons. The number of allylic oxidation sites excluding steroid dienone is 2. The largest absolute Gasteiger partial charge is 0.444 e. The van der Waals surface area contributed by atoms with E-state index < -0.39 is 23.9 Å². The van der Waals surface area contributed by atoms with Gasteiger partial charge in [0.2, 0.25) is 0 Å². The van der Waals surface area contributed by atoms with E-state index >= 15 is 0 Å². The second-order valence-corrected chi connectivity index (χ2v) is 5.74. The van der Waals surface area contributed by atoms with Crippen LogP contribution >= 0.6 is 0 Å². The Hall–Kier alpha value is -3.02. The lowest BCUT2D eigenvalue weighted by atomic mass is 10.0. The Labute approximate surface area is 149 Å². The molecule has 0 N–H and O–H groups in total. The molecular formula is C20H16F3NO2. The monoisotopic (exact) mass is 359 g/mol. The molecule has 2 aromatic carbocycles. The number of alkyl halides is 3. The van der Waals surface area contributed by atoms with Crippen LogP contribution in [0.25, 0.3) is 0 Å². The summed E-state index contributed by atoms with van der Waals surface area (Å²) in [6.07, 6.45) is 1.40. The van der Waals surface area contributed by atoms with E-state index in [-0.39, 0.29) is 6.61 Å². The van der Waals surface area contributed by atoms with Crippen molar-refractivity contribution in [1.82, 2.24) is 4.90 Å². The maximum absolute atomic E-state index is 13.0. The molecule has 1 heterocycles. The lowest BCUT2D eigenvalue weighted by Gasteiger charge is -2.28. The summed E-state index contributed by atoms with van der Waals surface area (Å²) in [5, 5.41) is 0. The molecule has 0 aliphatic carbocycles. The van der Waals surface area contributed by atoms with E-state index in [4.69, 9.17) is 4.74 Å². The first-order chi connectivity index (χ1) is 12.4. The first kappa shape index (κ1) is 17.8. The summed E-state index contributed by atoms with van der Waals surface area (Å²) in [6.45, 7) is 0.0863. The normalized spacial score (nSPS) is 16.6. The summed E-state index contributed by atoms with van der Waals surface area (Å²) in [4.78, 5) is 13.7. The molecule has 1 aliphatic heterocycles. The van der Waals surface area contributed by atoms with Crippen LogP contribution in [0.1, 0.15) is 22.7 Å². The van der Waals surface area contributed by atoms with Crippen molar-refractivity contribution in [1.29, 1.82) is 0 Å². The third-order valence-corrected chi connectivity index (χ3v) is 3.92. The SMILES string of the molecule is O=C(OCc1ccccc1)N1C=CC=C[C@@H]1c1cccc(C(F)(F)F)c1. The molecule has 3 rings (SSSR count). The molecule has 0 spiro atoms. The second kappa shape index (κ2) is 7.47. The van der Waals surface area contributed by atoms with Crippen LogP contribution in [0, 0.1) is 0 Å². The molecule has 2 aromatic rings. The Morgan fingerprint density at radius 3 is 2.54 bits per heavy atom. The van der Waals surface area contributed by atoms with Gasteiger partial charge in [-0.05, 0) is 29.3 Å². The fraction of sp³-hybridized carbons (Fsp3) is 0.150. The van der Waals surface area contributed by atoms with Gasteiger partial charge in [0.15, 0.2) is 0 Å². The highest BCUT2D eigenvalue weighted by molar-refractivity contribution is 5.70. The molecule has 0 bridgehead atoms. The Bertz CT molecular complexity index is 828. The number of ether oxygens (including phenoxy) is 1. The first-order valence-electron chi connectivity index (χ1n) is 7.96. The van der Waals surface area contributed by atoms with Gasteiger partial charge >= 0.3 is 12.3 Å². The summed E-state index contributed by atoms with van der Waals surface area (Å²) in [6, 6.07) is 13.4. The van der Waals surface area contributed by atoms with Crippen molar-refractivity contribution in [3.63, 3.8) is 0 Å². The van der Waals surface area contributed by atoms with E-state index in [9.17, 15) is 18.0 Å². The van der Waals surface area contributed by atoms with Crippen LogP contribution in [-0.4, -0.2) is 11.0 Å². The number of benzene rings is 2. The predicted molar refractivity (Wildman–Crippen MR) is 90.9 cm³/mol. The van der Waals surface area contributed by atoms with Crippen molar-refractivity contribution >= 4 is 6.09 Å². The molecule has 6 heteroatoms. The van der Waals surface area contributed by atoms with Crippen molar-refractivity contribution in [3.8, 4) is 0 Å². The third kappa shape index (κ3) is 4.14. The number of halogens is 3. The van der Waals surface area contributed by atoms with Gasteiger partial charge in [-0.1, -0.05) is 54.6 Å². The van der Waals surface area contributed by atoms with Gasteiger partial charge in [-0.25, -0.2) is 4.79 Å². The van der Waals surface area contributed by atoms with Crippen molar-refractivity contribution in [3.05, 3.63) is 95.7 Å². The number of amides is 1. The molecule has 0 unspecified atom stereocenters. The highest BCUT2D eigenvalue weighted by Crippen LogP contribution is 2.33. The van der Waals surface area contributed by atoms with E-state index in [0.29, 0.717) is 5.56 Å². The zero-order valence-corrected chi connectivity index (χ0v) is 13.7. The molecule has 1 amide bonds. The van der Waals surface area contributed by atoms with Crippen molar-refractivity contribution in [2.24, 2.45) is 0 Å². The number of hydrogen-bond acceptors (Lipinski definition) is 2. The summed E-state index contributed by atoms with van der Waals surface area (Å²) >= 11 is 0. The third-order valence-electron chi connectivity index (χ3n) is 3.92. The molecule has 0 fully saturated rings. The average molecular weight is 359 g/mol. The van der Waals surface area contributed by atoms with Crippen LogP contribution in [-0.2, 0) is 17.5 Å². The zero-order chi connectivity index (χ0) is 18.6. The summed E-state index contributed by atoms with van der Waals surface area (Å²) in [7, 11) is 0. The van der Waals surface area contributed by atoms with Crippen molar-refractivity contribution in [2.45, 2.75) is 18.8 Å². The predicted octanol–water partition coefficient (Wildman–Crippen LogP) is 5.47. The van der Waals surface area contributed by atoms with Gasteiger partial charge in [0.05, 0.1) is 11.6 Å². The Kier molecular flexibility index (Phi) is 5.11. The molecule has 0 saturated heterocycles. The molecule has 3 nitrogen and oxygen atoms in total. The maximum atomic E-state index is 13.0. The Morgan fingerprint density at radius 2 is 1.81 bits per heavy atom. The fourth-order valence-corrected chi connectivity index (χ4v) is 2.64. The second-order valence-electron chi connectivity index (χ2n) is 5.74. The minimum atomic E-state index is -4.44. The van der Waals surface area contributed by atoms with Gasteiger partial charge in [-0.3, -0.25) is 4.90 Å². The van der Waals surface area contributed by atoms with E-state index in [1.54, 1.807) is 24.3 Å². The topological polar surface area (TPSA) is 29.5 Å². The standard InChI is InChI=1S/C20H16F3NO2/c21-20(22,23)17-10-6-9-16(13-17)18-11-4-5-12-24(18)19(25)26-14-15-7-2-1-3-8-15/h1-13,18H,14H2/t18-/m1/s1. The van der Waals surface area contributed by atoms with E-state index in [1.807, 2.05) is 30.3 Å².